The first-order chi connectivity index (χ1) is 16.1. The molecular formula is C24H24ClN5O4. The molecule has 9 nitrogen and oxygen atoms in total. The fourth-order valence-electron chi connectivity index (χ4n) is 3.15. The smallest absolute Gasteiger partial charge is 0.269 e. The van der Waals surface area contributed by atoms with Crippen molar-refractivity contribution < 1.29 is 13.9 Å². The third-order valence-corrected chi connectivity index (χ3v) is 5.25. The molecular weight excluding hydrogens is 458 g/mol. The Morgan fingerprint density at radius 3 is 2.59 bits per heavy atom. The van der Waals surface area contributed by atoms with Gasteiger partial charge in [-0.25, -0.2) is 4.98 Å². The number of nitrogens with one attached hydrogen (secondary N) is 2. The zero-order chi connectivity index (χ0) is 24.5. The lowest BCUT2D eigenvalue weighted by molar-refractivity contribution is -0.128. The van der Waals surface area contributed by atoms with Gasteiger partial charge in [-0.15, -0.1) is 0 Å². The number of carbonyl (C=O) groups is 1. The maximum atomic E-state index is 13.2. The highest BCUT2D eigenvalue weighted by Gasteiger charge is 2.31. The van der Waals surface area contributed by atoms with Crippen LogP contribution in [0, 0.1) is 0 Å². The second-order valence-electron chi connectivity index (χ2n) is 8.47. The van der Waals surface area contributed by atoms with E-state index in [0.29, 0.717) is 27.9 Å². The van der Waals surface area contributed by atoms with Crippen LogP contribution in [-0.2, 0) is 4.79 Å². The maximum absolute atomic E-state index is 13.2. The molecule has 0 spiro atoms. The van der Waals surface area contributed by atoms with Gasteiger partial charge in [-0.05, 0) is 56.2 Å². The lowest BCUT2D eigenvalue weighted by Crippen LogP contribution is -2.43. The normalized spacial score (nSPS) is 11.6. The van der Waals surface area contributed by atoms with E-state index in [-0.39, 0.29) is 23.2 Å². The molecule has 4 aromatic rings. The topological polar surface area (TPSA) is 115 Å². The van der Waals surface area contributed by atoms with Crippen molar-refractivity contribution in [2.24, 2.45) is 0 Å². The summed E-state index contributed by atoms with van der Waals surface area (Å²) in [6.45, 7) is 7.15. The monoisotopic (exact) mass is 481 g/mol. The largest absolute Gasteiger partial charge is 0.478 e. The summed E-state index contributed by atoms with van der Waals surface area (Å²) in [5.41, 5.74) is -0.520. The minimum atomic E-state index is -1.24. The number of benzene rings is 1. The molecule has 10 heteroatoms. The average Bonchev–Trinajstić information content (AvgIpc) is 3.45. The van der Waals surface area contributed by atoms with Crippen molar-refractivity contribution in [2.75, 3.05) is 5.32 Å². The summed E-state index contributed by atoms with van der Waals surface area (Å²) in [4.78, 5) is 32.7. The molecule has 0 bridgehead atoms. The highest BCUT2D eigenvalue weighted by atomic mass is 35.5. The van der Waals surface area contributed by atoms with Gasteiger partial charge < -0.3 is 14.5 Å². The molecule has 0 atom stereocenters. The van der Waals surface area contributed by atoms with Crippen molar-refractivity contribution >= 4 is 23.3 Å². The van der Waals surface area contributed by atoms with E-state index < -0.39 is 11.5 Å². The number of rotatable bonds is 7. The number of hydrogen-bond donors (Lipinski definition) is 2. The first kappa shape index (κ1) is 23.3. The summed E-state index contributed by atoms with van der Waals surface area (Å²) < 4.78 is 12.7. The lowest BCUT2D eigenvalue weighted by Gasteiger charge is -2.25. The van der Waals surface area contributed by atoms with Crippen LogP contribution in [0.2, 0.25) is 5.02 Å². The Morgan fingerprint density at radius 2 is 1.94 bits per heavy atom. The van der Waals surface area contributed by atoms with E-state index >= 15 is 0 Å². The van der Waals surface area contributed by atoms with Crippen molar-refractivity contribution in [3.8, 4) is 23.2 Å². The summed E-state index contributed by atoms with van der Waals surface area (Å²) in [6, 6.07) is 13.3. The summed E-state index contributed by atoms with van der Waals surface area (Å²) >= 11 is 5.93. The average molecular weight is 482 g/mol. The van der Waals surface area contributed by atoms with E-state index in [2.05, 4.69) is 20.4 Å². The minimum absolute atomic E-state index is 0.0194. The molecule has 3 heterocycles. The number of aromatic nitrogens is 4. The number of nitrogens with zero attached hydrogens (tertiary/aromatic N) is 3. The quantitative estimate of drug-likeness (QED) is 0.392. The number of hydrogen-bond acceptors (Lipinski definition) is 6. The van der Waals surface area contributed by atoms with Crippen LogP contribution in [0.25, 0.3) is 17.4 Å². The van der Waals surface area contributed by atoms with E-state index in [9.17, 15) is 9.59 Å². The summed E-state index contributed by atoms with van der Waals surface area (Å²) in [5.74, 6) is 1.02. The Balaban J connectivity index is 1.70. The van der Waals surface area contributed by atoms with E-state index in [1.165, 1.54) is 17.0 Å². The molecule has 1 amide bonds. The molecule has 0 saturated heterocycles. The SMILES string of the molecule is CC(C)c1cc(=O)[nH]c(-n2nc(-c3ccco3)cc2NC(=O)C(C)(C)Oc2ccc(Cl)cc2)n1. The maximum Gasteiger partial charge on any atom is 0.269 e. The molecule has 1 aromatic carbocycles. The van der Waals surface area contributed by atoms with Crippen LogP contribution >= 0.6 is 11.6 Å². The minimum Gasteiger partial charge on any atom is -0.478 e. The zero-order valence-electron chi connectivity index (χ0n) is 19.1. The van der Waals surface area contributed by atoms with E-state index in [4.69, 9.17) is 20.8 Å². The molecule has 0 fully saturated rings. The van der Waals surface area contributed by atoms with Gasteiger partial charge in [-0.2, -0.15) is 9.78 Å². The second kappa shape index (κ2) is 9.18. The van der Waals surface area contributed by atoms with Crippen LogP contribution in [-0.4, -0.2) is 31.3 Å². The Kier molecular flexibility index (Phi) is 6.30. The molecule has 3 aromatic heterocycles. The van der Waals surface area contributed by atoms with Crippen molar-refractivity contribution in [1.29, 1.82) is 0 Å². The number of aromatic amines is 1. The molecule has 176 valence electrons. The van der Waals surface area contributed by atoms with Crippen LogP contribution in [0.1, 0.15) is 39.3 Å². The predicted molar refractivity (Wildman–Crippen MR) is 129 cm³/mol. The number of amides is 1. The molecule has 2 N–H and O–H groups in total. The third kappa shape index (κ3) is 5.04. The number of ether oxygens (including phenoxy) is 1. The van der Waals surface area contributed by atoms with E-state index in [1.54, 1.807) is 56.3 Å². The fourth-order valence-corrected chi connectivity index (χ4v) is 3.27. The Hall–Kier alpha value is -3.85. The molecule has 0 radical (unpaired) electrons. The van der Waals surface area contributed by atoms with Gasteiger partial charge in [0.1, 0.15) is 17.3 Å². The van der Waals surface area contributed by atoms with Crippen LogP contribution < -0.4 is 15.6 Å². The molecule has 4 rings (SSSR count). The van der Waals surface area contributed by atoms with Crippen LogP contribution in [0.4, 0.5) is 5.82 Å². The van der Waals surface area contributed by atoms with Crippen molar-refractivity contribution in [1.82, 2.24) is 19.7 Å². The van der Waals surface area contributed by atoms with Gasteiger partial charge >= 0.3 is 0 Å². The number of H-pyrrole nitrogens is 1. The fraction of sp³-hybridized carbons (Fsp3) is 0.250. The Bertz CT molecular complexity index is 1360. The molecule has 0 aliphatic carbocycles. The summed E-state index contributed by atoms with van der Waals surface area (Å²) in [5, 5.41) is 7.92. The Labute approximate surface area is 200 Å². The van der Waals surface area contributed by atoms with Gasteiger partial charge in [-0.1, -0.05) is 25.4 Å². The Morgan fingerprint density at radius 1 is 1.21 bits per heavy atom. The number of anilines is 1. The van der Waals surface area contributed by atoms with Crippen molar-refractivity contribution in [3.63, 3.8) is 0 Å². The van der Waals surface area contributed by atoms with Crippen LogP contribution in [0.5, 0.6) is 5.75 Å². The highest BCUT2D eigenvalue weighted by Crippen LogP contribution is 2.26. The molecule has 34 heavy (non-hydrogen) atoms. The van der Waals surface area contributed by atoms with Crippen LogP contribution in [0.3, 0.4) is 0 Å². The second-order valence-corrected chi connectivity index (χ2v) is 8.91. The molecule has 0 aliphatic rings. The number of furan rings is 1. The first-order valence-electron chi connectivity index (χ1n) is 10.6. The number of halogens is 1. The molecule has 0 aliphatic heterocycles. The van der Waals surface area contributed by atoms with E-state index in [1.807, 2.05) is 13.8 Å². The summed E-state index contributed by atoms with van der Waals surface area (Å²) in [7, 11) is 0. The lowest BCUT2D eigenvalue weighted by atomic mass is 10.1. The zero-order valence-corrected chi connectivity index (χ0v) is 19.9. The standard InChI is InChI=1S/C24H24ClN5O4/c1-14(2)17-13-21(31)28-23(26-17)30-20(12-18(29-30)19-6-5-11-33-19)27-22(32)24(3,4)34-16-9-7-15(25)8-10-16/h5-14H,1-4H3,(H,27,32)(H,26,28,31). The van der Waals surface area contributed by atoms with Gasteiger partial charge in [0.25, 0.3) is 11.5 Å². The predicted octanol–water partition coefficient (Wildman–Crippen LogP) is 4.79. The third-order valence-electron chi connectivity index (χ3n) is 5.00. The molecule has 0 saturated carbocycles. The highest BCUT2D eigenvalue weighted by molar-refractivity contribution is 6.30. The van der Waals surface area contributed by atoms with Gasteiger partial charge in [0.05, 0.1) is 12.0 Å². The van der Waals surface area contributed by atoms with E-state index in [0.717, 1.165) is 0 Å². The van der Waals surface area contributed by atoms with Crippen molar-refractivity contribution in [3.05, 3.63) is 75.9 Å². The summed E-state index contributed by atoms with van der Waals surface area (Å²) in [6.07, 6.45) is 1.52. The van der Waals surface area contributed by atoms with Gasteiger partial charge in [0.2, 0.25) is 5.95 Å². The van der Waals surface area contributed by atoms with Gasteiger partial charge in [0.15, 0.2) is 11.4 Å². The molecule has 0 unspecified atom stereocenters. The van der Waals surface area contributed by atoms with Gasteiger partial charge in [0, 0.05) is 17.2 Å². The first-order valence-corrected chi connectivity index (χ1v) is 11.0. The van der Waals surface area contributed by atoms with Crippen LogP contribution in [0.15, 0.2) is 64.0 Å². The van der Waals surface area contributed by atoms with Gasteiger partial charge in [-0.3, -0.25) is 14.6 Å². The van der Waals surface area contributed by atoms with Crippen molar-refractivity contribution in [2.45, 2.75) is 39.2 Å². The number of carbonyl (C=O) groups excluding carboxylic acids is 1.